The second-order valence-corrected chi connectivity index (χ2v) is 2.49. The smallest absolute Gasteiger partial charge is 0.346 e. The van der Waals surface area contributed by atoms with Crippen LogP contribution in [0.4, 0.5) is 0 Å². The summed E-state index contributed by atoms with van der Waals surface area (Å²) in [5.41, 5.74) is 0.764. The van der Waals surface area contributed by atoms with Crippen LogP contribution in [0.3, 0.4) is 0 Å². The van der Waals surface area contributed by atoms with Crippen molar-refractivity contribution in [3.63, 3.8) is 0 Å². The van der Waals surface area contributed by atoms with Crippen LogP contribution in [0.25, 0.3) is 0 Å². The minimum atomic E-state index is -0.676. The molecule has 13 heavy (non-hydrogen) atoms. The molecule has 0 heterocycles. The molecular formula is C9H10O4. The van der Waals surface area contributed by atoms with E-state index in [1.807, 2.05) is 0 Å². The Labute approximate surface area is 75.6 Å². The summed E-state index contributed by atoms with van der Waals surface area (Å²) >= 11 is 0. The lowest BCUT2D eigenvalue weighted by molar-refractivity contribution is -0.233. The molecule has 4 nitrogen and oxygen atoms in total. The van der Waals surface area contributed by atoms with E-state index in [-0.39, 0.29) is 6.42 Å². The fraction of sp³-hybridized carbons (Fsp3) is 0.222. The van der Waals surface area contributed by atoms with Gasteiger partial charge >= 0.3 is 5.97 Å². The Balaban J connectivity index is 2.64. The minimum absolute atomic E-state index is 0.0560. The minimum Gasteiger partial charge on any atom is -0.497 e. The zero-order chi connectivity index (χ0) is 9.68. The molecule has 0 fully saturated rings. The Morgan fingerprint density at radius 1 is 1.38 bits per heavy atom. The Hall–Kier alpha value is -1.55. The summed E-state index contributed by atoms with van der Waals surface area (Å²) in [6.45, 7) is 0. The van der Waals surface area contributed by atoms with E-state index in [9.17, 15) is 4.79 Å². The monoisotopic (exact) mass is 182 g/mol. The lowest BCUT2D eigenvalue weighted by atomic mass is 10.1. The van der Waals surface area contributed by atoms with Crippen molar-refractivity contribution in [1.82, 2.24) is 0 Å². The maximum absolute atomic E-state index is 10.6. The van der Waals surface area contributed by atoms with E-state index in [2.05, 4.69) is 4.89 Å². The van der Waals surface area contributed by atoms with Gasteiger partial charge in [-0.2, -0.15) is 5.26 Å². The molecule has 0 amide bonds. The molecule has 0 aliphatic rings. The molecule has 0 saturated carbocycles. The second-order valence-electron chi connectivity index (χ2n) is 2.49. The predicted octanol–water partition coefficient (Wildman–Crippen LogP) is 1.25. The molecule has 0 bridgehead atoms. The van der Waals surface area contributed by atoms with Crippen molar-refractivity contribution in [2.24, 2.45) is 0 Å². The summed E-state index contributed by atoms with van der Waals surface area (Å²) in [5.74, 6) is 0.0475. The SMILES string of the molecule is COc1ccc(CC(=O)OO)cc1. The number of benzene rings is 1. The summed E-state index contributed by atoms with van der Waals surface area (Å²) in [6.07, 6.45) is 0.0560. The van der Waals surface area contributed by atoms with Crippen molar-refractivity contribution in [3.05, 3.63) is 29.8 Å². The first kappa shape index (κ1) is 9.54. The molecule has 0 spiro atoms. The van der Waals surface area contributed by atoms with Crippen LogP contribution in [0, 0.1) is 0 Å². The van der Waals surface area contributed by atoms with Gasteiger partial charge in [-0.1, -0.05) is 12.1 Å². The van der Waals surface area contributed by atoms with Crippen molar-refractivity contribution >= 4 is 5.97 Å². The number of ether oxygens (including phenoxy) is 1. The first-order chi connectivity index (χ1) is 6.26. The highest BCUT2D eigenvalue weighted by Crippen LogP contribution is 2.11. The van der Waals surface area contributed by atoms with E-state index >= 15 is 0 Å². The van der Waals surface area contributed by atoms with Gasteiger partial charge in [0.15, 0.2) is 0 Å². The zero-order valence-corrected chi connectivity index (χ0v) is 7.19. The van der Waals surface area contributed by atoms with Gasteiger partial charge in [0.2, 0.25) is 0 Å². The Bertz CT molecular complexity index is 278. The van der Waals surface area contributed by atoms with Crippen molar-refractivity contribution in [3.8, 4) is 5.75 Å². The van der Waals surface area contributed by atoms with Gasteiger partial charge < -0.3 is 9.62 Å². The van der Waals surface area contributed by atoms with Gasteiger partial charge in [-0.3, -0.25) is 0 Å². The number of methoxy groups -OCH3 is 1. The summed E-state index contributed by atoms with van der Waals surface area (Å²) in [4.78, 5) is 14.2. The maximum Gasteiger partial charge on any atom is 0.346 e. The fourth-order valence-corrected chi connectivity index (χ4v) is 0.942. The molecule has 0 radical (unpaired) electrons. The van der Waals surface area contributed by atoms with Crippen LogP contribution in [0.15, 0.2) is 24.3 Å². The van der Waals surface area contributed by atoms with Crippen LogP contribution >= 0.6 is 0 Å². The molecule has 1 aromatic carbocycles. The van der Waals surface area contributed by atoms with E-state index < -0.39 is 5.97 Å². The average molecular weight is 182 g/mol. The highest BCUT2D eigenvalue weighted by atomic mass is 17.1. The van der Waals surface area contributed by atoms with Crippen molar-refractivity contribution in [2.45, 2.75) is 6.42 Å². The number of hydrogen-bond donors (Lipinski definition) is 1. The molecule has 70 valence electrons. The predicted molar refractivity (Wildman–Crippen MR) is 45.4 cm³/mol. The summed E-state index contributed by atoms with van der Waals surface area (Å²) < 4.78 is 4.93. The van der Waals surface area contributed by atoms with Crippen LogP contribution in [0.2, 0.25) is 0 Å². The van der Waals surface area contributed by atoms with E-state index in [4.69, 9.17) is 9.99 Å². The number of carbonyl (C=O) groups is 1. The fourth-order valence-electron chi connectivity index (χ4n) is 0.942. The number of hydrogen-bond acceptors (Lipinski definition) is 4. The van der Waals surface area contributed by atoms with Gasteiger partial charge in [-0.15, -0.1) is 0 Å². The quantitative estimate of drug-likeness (QED) is 0.564. The first-order valence-corrected chi connectivity index (χ1v) is 3.73. The first-order valence-electron chi connectivity index (χ1n) is 3.73. The average Bonchev–Trinajstić information content (AvgIpc) is 2.19. The third kappa shape index (κ3) is 2.76. The van der Waals surface area contributed by atoms with Crippen LogP contribution < -0.4 is 4.74 Å². The maximum atomic E-state index is 10.6. The molecule has 1 aromatic rings. The third-order valence-corrected chi connectivity index (χ3v) is 1.61. The second kappa shape index (κ2) is 4.47. The Morgan fingerprint density at radius 2 is 2.00 bits per heavy atom. The number of carbonyl (C=O) groups excluding carboxylic acids is 1. The molecule has 1 N–H and O–H groups in total. The van der Waals surface area contributed by atoms with E-state index in [0.717, 1.165) is 11.3 Å². The molecule has 4 heteroatoms. The van der Waals surface area contributed by atoms with Gasteiger partial charge in [0.05, 0.1) is 13.5 Å². The number of rotatable bonds is 3. The normalized spacial score (nSPS) is 9.38. The molecule has 0 aliphatic carbocycles. The van der Waals surface area contributed by atoms with Crippen molar-refractivity contribution in [1.29, 1.82) is 0 Å². The van der Waals surface area contributed by atoms with E-state index in [1.54, 1.807) is 31.4 Å². The molecule has 0 saturated heterocycles. The van der Waals surface area contributed by atoms with Crippen molar-refractivity contribution in [2.75, 3.05) is 7.11 Å². The largest absolute Gasteiger partial charge is 0.497 e. The van der Waals surface area contributed by atoms with Crippen LogP contribution in [0.5, 0.6) is 5.75 Å². The molecule has 1 rings (SSSR count). The summed E-state index contributed by atoms with van der Waals surface area (Å²) in [5, 5.41) is 8.02. The standard InChI is InChI=1S/C9H10O4/c1-12-8-4-2-7(3-5-8)6-9(10)13-11/h2-5,11H,6H2,1H3. The van der Waals surface area contributed by atoms with Gasteiger partial charge in [-0.25, -0.2) is 4.79 Å². The highest BCUT2D eigenvalue weighted by molar-refractivity contribution is 5.71. The summed E-state index contributed by atoms with van der Waals surface area (Å²) in [6, 6.07) is 6.94. The molecule has 0 aromatic heterocycles. The lowest BCUT2D eigenvalue weighted by Gasteiger charge is -2.00. The summed E-state index contributed by atoms with van der Waals surface area (Å²) in [7, 11) is 1.57. The topological polar surface area (TPSA) is 55.8 Å². The molecule has 0 atom stereocenters. The lowest BCUT2D eigenvalue weighted by Crippen LogP contribution is -2.04. The van der Waals surface area contributed by atoms with Gasteiger partial charge in [-0.05, 0) is 17.7 Å². The Kier molecular flexibility index (Phi) is 3.28. The zero-order valence-electron chi connectivity index (χ0n) is 7.19. The van der Waals surface area contributed by atoms with E-state index in [1.165, 1.54) is 0 Å². The van der Waals surface area contributed by atoms with Gasteiger partial charge in [0.1, 0.15) is 5.75 Å². The van der Waals surface area contributed by atoms with Crippen molar-refractivity contribution < 1.29 is 19.7 Å². The van der Waals surface area contributed by atoms with Gasteiger partial charge in [0, 0.05) is 0 Å². The van der Waals surface area contributed by atoms with Crippen LogP contribution in [0.1, 0.15) is 5.56 Å². The van der Waals surface area contributed by atoms with E-state index in [0.29, 0.717) is 0 Å². The highest BCUT2D eigenvalue weighted by Gasteiger charge is 2.03. The molecular weight excluding hydrogens is 172 g/mol. The van der Waals surface area contributed by atoms with Gasteiger partial charge in [0.25, 0.3) is 0 Å². The van der Waals surface area contributed by atoms with Crippen LogP contribution in [-0.4, -0.2) is 18.3 Å². The molecule has 0 aliphatic heterocycles. The Morgan fingerprint density at radius 3 is 2.46 bits per heavy atom. The molecule has 0 unspecified atom stereocenters. The third-order valence-electron chi connectivity index (χ3n) is 1.61. The van der Waals surface area contributed by atoms with Crippen LogP contribution in [-0.2, 0) is 16.1 Å².